The normalized spacial score (nSPS) is 19.2. The average molecular weight is 288 g/mol. The molecule has 106 valence electrons. The Morgan fingerprint density at radius 1 is 1.45 bits per heavy atom. The van der Waals surface area contributed by atoms with E-state index in [1.807, 2.05) is 23.6 Å². The molecule has 1 aromatic carbocycles. The monoisotopic (exact) mass is 288 g/mol. The van der Waals surface area contributed by atoms with E-state index in [-0.39, 0.29) is 0 Å². The van der Waals surface area contributed by atoms with Gasteiger partial charge in [-0.1, -0.05) is 25.1 Å². The first-order valence-electron chi connectivity index (χ1n) is 7.20. The second-order valence-electron chi connectivity index (χ2n) is 5.11. The fraction of sp³-hybridized carbons (Fsp3) is 0.438. The smallest absolute Gasteiger partial charge is 0.123 e. The lowest BCUT2D eigenvalue weighted by molar-refractivity contribution is 0.277. The van der Waals surface area contributed by atoms with Crippen LogP contribution in [0.1, 0.15) is 47.7 Å². The largest absolute Gasteiger partial charge is 0.493 e. The van der Waals surface area contributed by atoms with Gasteiger partial charge in [0.1, 0.15) is 10.8 Å². The van der Waals surface area contributed by atoms with Gasteiger partial charge in [0.2, 0.25) is 0 Å². The minimum absolute atomic E-state index is 0.376. The molecule has 3 nitrogen and oxygen atoms in total. The second kappa shape index (κ2) is 5.94. The number of benzene rings is 1. The summed E-state index contributed by atoms with van der Waals surface area (Å²) in [7, 11) is 0. The van der Waals surface area contributed by atoms with Gasteiger partial charge in [-0.25, -0.2) is 4.98 Å². The summed E-state index contributed by atoms with van der Waals surface area (Å²) >= 11 is 1.82. The summed E-state index contributed by atoms with van der Waals surface area (Å²) < 4.78 is 5.73. The zero-order valence-electron chi connectivity index (χ0n) is 11.9. The highest BCUT2D eigenvalue weighted by Gasteiger charge is 2.25. The molecule has 0 fully saturated rings. The molecular weight excluding hydrogens is 268 g/mol. The van der Waals surface area contributed by atoms with E-state index in [4.69, 9.17) is 4.74 Å². The van der Waals surface area contributed by atoms with Crippen molar-refractivity contribution in [1.82, 2.24) is 10.3 Å². The lowest BCUT2D eigenvalue weighted by Crippen LogP contribution is -2.16. The Hall–Kier alpha value is -1.39. The Labute approximate surface area is 124 Å². The van der Waals surface area contributed by atoms with Crippen molar-refractivity contribution in [3.63, 3.8) is 0 Å². The number of hydrogen-bond donors (Lipinski definition) is 1. The van der Waals surface area contributed by atoms with E-state index in [1.54, 1.807) is 0 Å². The molecule has 0 aliphatic carbocycles. The molecule has 0 bridgehead atoms. The number of nitrogens with zero attached hydrogens (tertiary/aromatic N) is 1. The van der Waals surface area contributed by atoms with Crippen LogP contribution in [0.5, 0.6) is 5.75 Å². The number of fused-ring (bicyclic) bond motifs is 1. The molecule has 20 heavy (non-hydrogen) atoms. The number of para-hydroxylation sites is 1. The van der Waals surface area contributed by atoms with E-state index in [9.17, 15) is 0 Å². The van der Waals surface area contributed by atoms with Crippen LogP contribution >= 0.6 is 11.3 Å². The zero-order valence-corrected chi connectivity index (χ0v) is 12.7. The summed E-state index contributed by atoms with van der Waals surface area (Å²) in [5, 5.41) is 4.65. The number of aromatic nitrogens is 1. The molecule has 4 heteroatoms. The Kier molecular flexibility index (Phi) is 4.03. The van der Waals surface area contributed by atoms with E-state index >= 15 is 0 Å². The van der Waals surface area contributed by atoms with Crippen LogP contribution in [0.15, 0.2) is 30.5 Å². The summed E-state index contributed by atoms with van der Waals surface area (Å²) in [5.74, 6) is 1.40. The van der Waals surface area contributed by atoms with Gasteiger partial charge in [0, 0.05) is 28.6 Å². The Morgan fingerprint density at radius 3 is 3.15 bits per heavy atom. The Morgan fingerprint density at radius 2 is 2.30 bits per heavy atom. The molecule has 0 radical (unpaired) electrons. The van der Waals surface area contributed by atoms with Crippen LogP contribution in [0.2, 0.25) is 0 Å². The summed E-state index contributed by atoms with van der Waals surface area (Å²) in [4.78, 5) is 5.98. The Bertz CT molecular complexity index is 581. The highest BCUT2D eigenvalue weighted by molar-refractivity contribution is 7.11. The van der Waals surface area contributed by atoms with E-state index in [1.165, 1.54) is 15.4 Å². The van der Waals surface area contributed by atoms with Crippen LogP contribution in [-0.2, 0) is 0 Å². The van der Waals surface area contributed by atoms with Crippen LogP contribution in [0, 0.1) is 0 Å². The fourth-order valence-corrected chi connectivity index (χ4v) is 3.77. The zero-order chi connectivity index (χ0) is 13.9. The first kappa shape index (κ1) is 13.6. The standard InChI is InChI=1S/C16H20N2OS/c1-3-17-11(2)15-10-18-16(20-15)13-8-9-19-14-7-5-4-6-12(13)14/h4-7,10-11,13,17H,3,8-9H2,1-2H3. The van der Waals surface area contributed by atoms with Crippen LogP contribution < -0.4 is 10.1 Å². The van der Waals surface area contributed by atoms with Crippen molar-refractivity contribution in [3.05, 3.63) is 45.9 Å². The number of hydrogen-bond acceptors (Lipinski definition) is 4. The molecule has 2 aromatic rings. The molecular formula is C16H20N2OS. The maximum Gasteiger partial charge on any atom is 0.123 e. The molecule has 2 atom stereocenters. The van der Waals surface area contributed by atoms with Gasteiger partial charge >= 0.3 is 0 Å². The summed E-state index contributed by atoms with van der Waals surface area (Å²) in [6.07, 6.45) is 3.03. The van der Waals surface area contributed by atoms with Crippen molar-refractivity contribution in [2.75, 3.05) is 13.2 Å². The highest BCUT2D eigenvalue weighted by Crippen LogP contribution is 2.39. The molecule has 3 rings (SSSR count). The fourth-order valence-electron chi connectivity index (χ4n) is 2.67. The molecule has 0 amide bonds. The van der Waals surface area contributed by atoms with Gasteiger partial charge in [0.15, 0.2) is 0 Å². The summed E-state index contributed by atoms with van der Waals surface area (Å²) in [6.45, 7) is 6.08. The van der Waals surface area contributed by atoms with Gasteiger partial charge in [0.05, 0.1) is 6.61 Å². The molecule has 1 aliphatic rings. The van der Waals surface area contributed by atoms with Crippen LogP contribution in [0.4, 0.5) is 0 Å². The first-order chi connectivity index (χ1) is 9.79. The van der Waals surface area contributed by atoms with Crippen molar-refractivity contribution in [2.24, 2.45) is 0 Å². The quantitative estimate of drug-likeness (QED) is 0.931. The number of thiazole rings is 1. The SMILES string of the molecule is CCNC(C)c1cnc(C2CCOc3ccccc32)s1. The predicted molar refractivity (Wildman–Crippen MR) is 82.6 cm³/mol. The van der Waals surface area contributed by atoms with Crippen LogP contribution in [-0.4, -0.2) is 18.1 Å². The molecule has 2 heterocycles. The van der Waals surface area contributed by atoms with Crippen molar-refractivity contribution < 1.29 is 4.74 Å². The summed E-state index contributed by atoms with van der Waals surface area (Å²) in [5.41, 5.74) is 1.27. The third-order valence-electron chi connectivity index (χ3n) is 3.74. The van der Waals surface area contributed by atoms with Crippen molar-refractivity contribution in [1.29, 1.82) is 0 Å². The molecule has 0 saturated carbocycles. The molecule has 0 spiro atoms. The second-order valence-corrected chi connectivity index (χ2v) is 6.20. The van der Waals surface area contributed by atoms with Crippen molar-refractivity contribution >= 4 is 11.3 Å². The lowest BCUT2D eigenvalue weighted by atomic mass is 9.94. The maximum atomic E-state index is 5.73. The Balaban J connectivity index is 1.87. The molecule has 0 saturated heterocycles. The number of rotatable bonds is 4. The van der Waals surface area contributed by atoms with Gasteiger partial charge < -0.3 is 10.1 Å². The lowest BCUT2D eigenvalue weighted by Gasteiger charge is -2.24. The molecule has 2 unspecified atom stereocenters. The predicted octanol–water partition coefficient (Wildman–Crippen LogP) is 3.73. The number of nitrogens with one attached hydrogen (secondary N) is 1. The van der Waals surface area contributed by atoms with Gasteiger partial charge in [-0.2, -0.15) is 0 Å². The van der Waals surface area contributed by atoms with E-state index in [0.29, 0.717) is 12.0 Å². The highest BCUT2D eigenvalue weighted by atomic mass is 32.1. The minimum atomic E-state index is 0.376. The van der Waals surface area contributed by atoms with Crippen LogP contribution in [0.25, 0.3) is 0 Å². The van der Waals surface area contributed by atoms with Gasteiger partial charge in [0.25, 0.3) is 0 Å². The number of ether oxygens (including phenoxy) is 1. The average Bonchev–Trinajstić information content (AvgIpc) is 2.97. The van der Waals surface area contributed by atoms with E-state index in [2.05, 4.69) is 42.3 Å². The van der Waals surface area contributed by atoms with Crippen molar-refractivity contribution in [2.45, 2.75) is 32.2 Å². The molecule has 1 aromatic heterocycles. The minimum Gasteiger partial charge on any atom is -0.493 e. The van der Waals surface area contributed by atoms with Crippen molar-refractivity contribution in [3.8, 4) is 5.75 Å². The topological polar surface area (TPSA) is 34.2 Å². The third-order valence-corrected chi connectivity index (χ3v) is 5.03. The van der Waals surface area contributed by atoms with Gasteiger partial charge in [-0.3, -0.25) is 0 Å². The van der Waals surface area contributed by atoms with E-state index in [0.717, 1.165) is 25.3 Å². The third kappa shape index (κ3) is 2.58. The van der Waals surface area contributed by atoms with E-state index < -0.39 is 0 Å². The van der Waals surface area contributed by atoms with Crippen LogP contribution in [0.3, 0.4) is 0 Å². The summed E-state index contributed by atoms with van der Waals surface area (Å²) in [6, 6.07) is 8.70. The van der Waals surface area contributed by atoms with Gasteiger partial charge in [-0.15, -0.1) is 11.3 Å². The van der Waals surface area contributed by atoms with Gasteiger partial charge in [-0.05, 0) is 26.0 Å². The molecule has 1 N–H and O–H groups in total. The molecule has 1 aliphatic heterocycles. The first-order valence-corrected chi connectivity index (χ1v) is 8.02. The maximum absolute atomic E-state index is 5.73.